The van der Waals surface area contributed by atoms with Gasteiger partial charge in [0.25, 0.3) is 0 Å². The molecule has 1 saturated heterocycles. The number of thioether (sulfide) groups is 1. The molecular formula is C15H23NS. The van der Waals surface area contributed by atoms with Crippen LogP contribution in [0.4, 0.5) is 0 Å². The molecular weight excluding hydrogens is 226 g/mol. The summed E-state index contributed by atoms with van der Waals surface area (Å²) >= 11 is 2.03. The third-order valence-corrected chi connectivity index (χ3v) is 4.81. The van der Waals surface area contributed by atoms with Crippen LogP contribution in [-0.2, 0) is 5.41 Å². The first-order valence-electron chi connectivity index (χ1n) is 6.42. The summed E-state index contributed by atoms with van der Waals surface area (Å²) in [6.07, 6.45) is 0. The third kappa shape index (κ3) is 3.26. The molecule has 1 nitrogen and oxygen atoms in total. The third-order valence-electron chi connectivity index (χ3n) is 3.28. The molecule has 17 heavy (non-hydrogen) atoms. The normalized spacial score (nSPS) is 25.9. The smallest absolute Gasteiger partial charge is 0.0789 e. The summed E-state index contributed by atoms with van der Waals surface area (Å²) in [6.45, 7) is 10.2. The van der Waals surface area contributed by atoms with E-state index in [9.17, 15) is 0 Å². The Kier molecular flexibility index (Phi) is 3.84. The van der Waals surface area contributed by atoms with Gasteiger partial charge in [0.05, 0.1) is 5.37 Å². The van der Waals surface area contributed by atoms with Gasteiger partial charge in [-0.3, -0.25) is 0 Å². The number of nitrogens with one attached hydrogen (secondary N) is 1. The monoisotopic (exact) mass is 249 g/mol. The molecule has 94 valence electrons. The zero-order valence-corrected chi connectivity index (χ0v) is 12.1. The van der Waals surface area contributed by atoms with Crippen molar-refractivity contribution in [2.45, 2.75) is 38.5 Å². The van der Waals surface area contributed by atoms with Gasteiger partial charge in [0.15, 0.2) is 0 Å². The van der Waals surface area contributed by atoms with E-state index in [-0.39, 0.29) is 5.41 Å². The van der Waals surface area contributed by atoms with E-state index >= 15 is 0 Å². The molecule has 0 spiro atoms. The summed E-state index contributed by atoms with van der Waals surface area (Å²) < 4.78 is 0. The minimum Gasteiger partial charge on any atom is -0.301 e. The van der Waals surface area contributed by atoms with E-state index in [4.69, 9.17) is 0 Å². The Hall–Kier alpha value is -0.470. The van der Waals surface area contributed by atoms with E-state index in [1.165, 1.54) is 16.9 Å². The molecule has 1 heterocycles. The van der Waals surface area contributed by atoms with Crippen LogP contribution < -0.4 is 5.32 Å². The van der Waals surface area contributed by atoms with Crippen molar-refractivity contribution in [3.63, 3.8) is 0 Å². The molecule has 2 unspecified atom stereocenters. The highest BCUT2D eigenvalue weighted by Gasteiger charge is 2.20. The van der Waals surface area contributed by atoms with E-state index in [0.29, 0.717) is 5.37 Å². The molecule has 2 atom stereocenters. The fraction of sp³-hybridized carbons (Fsp3) is 0.600. The maximum absolute atomic E-state index is 3.61. The Morgan fingerprint density at radius 2 is 1.82 bits per heavy atom. The van der Waals surface area contributed by atoms with Crippen molar-refractivity contribution in [2.75, 3.05) is 12.3 Å². The van der Waals surface area contributed by atoms with E-state index in [1.54, 1.807) is 0 Å². The second-order valence-electron chi connectivity index (χ2n) is 6.10. The Morgan fingerprint density at radius 3 is 2.29 bits per heavy atom. The van der Waals surface area contributed by atoms with Crippen LogP contribution in [0.5, 0.6) is 0 Å². The topological polar surface area (TPSA) is 12.0 Å². The quantitative estimate of drug-likeness (QED) is 0.808. The van der Waals surface area contributed by atoms with Crippen molar-refractivity contribution in [3.8, 4) is 0 Å². The molecule has 1 aliphatic rings. The summed E-state index contributed by atoms with van der Waals surface area (Å²) in [7, 11) is 0. The van der Waals surface area contributed by atoms with Crippen molar-refractivity contribution in [1.29, 1.82) is 0 Å². The average Bonchev–Trinajstić information content (AvgIpc) is 2.29. The van der Waals surface area contributed by atoms with Gasteiger partial charge < -0.3 is 5.32 Å². The van der Waals surface area contributed by atoms with Crippen molar-refractivity contribution < 1.29 is 0 Å². The molecule has 2 rings (SSSR count). The van der Waals surface area contributed by atoms with Crippen molar-refractivity contribution >= 4 is 11.8 Å². The lowest BCUT2D eigenvalue weighted by molar-refractivity contribution is 0.529. The van der Waals surface area contributed by atoms with Crippen LogP contribution in [0.2, 0.25) is 0 Å². The first kappa shape index (κ1) is 13.0. The minimum atomic E-state index is 0.250. The Labute approximate surface area is 109 Å². The SMILES string of the molecule is CC1CNC(c2ccc(C(C)(C)C)cc2)SC1. The highest BCUT2D eigenvalue weighted by molar-refractivity contribution is 7.99. The average molecular weight is 249 g/mol. The van der Waals surface area contributed by atoms with Crippen LogP contribution in [0.25, 0.3) is 0 Å². The molecule has 0 radical (unpaired) electrons. The second-order valence-corrected chi connectivity index (χ2v) is 7.24. The van der Waals surface area contributed by atoms with Gasteiger partial charge in [0.2, 0.25) is 0 Å². The van der Waals surface area contributed by atoms with Crippen molar-refractivity contribution in [3.05, 3.63) is 35.4 Å². The predicted molar refractivity (Wildman–Crippen MR) is 77.5 cm³/mol. The molecule has 0 aromatic heterocycles. The Bertz CT molecular complexity index is 356. The molecule has 1 aliphatic heterocycles. The largest absolute Gasteiger partial charge is 0.301 e. The highest BCUT2D eigenvalue weighted by Crippen LogP contribution is 2.32. The molecule has 0 aliphatic carbocycles. The van der Waals surface area contributed by atoms with E-state index in [1.807, 2.05) is 11.8 Å². The van der Waals surface area contributed by atoms with Crippen molar-refractivity contribution in [2.24, 2.45) is 5.92 Å². The molecule has 0 bridgehead atoms. The fourth-order valence-electron chi connectivity index (χ4n) is 2.06. The summed E-state index contributed by atoms with van der Waals surface area (Å²) in [5, 5.41) is 4.09. The lowest BCUT2D eigenvalue weighted by Crippen LogP contribution is -2.31. The molecule has 1 aromatic carbocycles. The van der Waals surface area contributed by atoms with Crippen LogP contribution in [0, 0.1) is 5.92 Å². The van der Waals surface area contributed by atoms with Crippen LogP contribution >= 0.6 is 11.8 Å². The zero-order valence-electron chi connectivity index (χ0n) is 11.3. The maximum Gasteiger partial charge on any atom is 0.0789 e. The second kappa shape index (κ2) is 5.03. The minimum absolute atomic E-state index is 0.250. The molecule has 2 heteroatoms. The zero-order chi connectivity index (χ0) is 12.5. The summed E-state index contributed by atoms with van der Waals surface area (Å²) in [5.74, 6) is 2.06. The van der Waals surface area contributed by atoms with Gasteiger partial charge in [-0.1, -0.05) is 52.0 Å². The number of hydrogen-bond acceptors (Lipinski definition) is 2. The summed E-state index contributed by atoms with van der Waals surface area (Å²) in [5.41, 5.74) is 3.07. The predicted octanol–water partition coefficient (Wildman–Crippen LogP) is 3.96. The maximum atomic E-state index is 3.61. The van der Waals surface area contributed by atoms with Gasteiger partial charge in [-0.25, -0.2) is 0 Å². The van der Waals surface area contributed by atoms with Gasteiger partial charge in [0.1, 0.15) is 0 Å². The van der Waals surface area contributed by atoms with Gasteiger partial charge >= 0.3 is 0 Å². The van der Waals surface area contributed by atoms with Crippen molar-refractivity contribution in [1.82, 2.24) is 5.32 Å². The molecule has 0 saturated carbocycles. The van der Waals surface area contributed by atoms with Gasteiger partial charge in [-0.05, 0) is 34.8 Å². The first-order chi connectivity index (χ1) is 7.97. The van der Waals surface area contributed by atoms with E-state index in [0.717, 1.165) is 12.5 Å². The molecule has 1 fully saturated rings. The molecule has 1 aromatic rings. The standard InChI is InChI=1S/C15H23NS/c1-11-9-16-14(17-10-11)12-5-7-13(8-6-12)15(2,3)4/h5-8,11,14,16H,9-10H2,1-4H3. The van der Waals surface area contributed by atoms with Crippen LogP contribution in [-0.4, -0.2) is 12.3 Å². The number of benzene rings is 1. The lowest BCUT2D eigenvalue weighted by Gasteiger charge is -2.28. The van der Waals surface area contributed by atoms with Gasteiger partial charge in [-0.2, -0.15) is 0 Å². The van der Waals surface area contributed by atoms with Crippen LogP contribution in [0.15, 0.2) is 24.3 Å². The van der Waals surface area contributed by atoms with E-state index < -0.39 is 0 Å². The lowest BCUT2D eigenvalue weighted by atomic mass is 9.87. The fourth-order valence-corrected chi connectivity index (χ4v) is 3.26. The molecule has 1 N–H and O–H groups in total. The van der Waals surface area contributed by atoms with Gasteiger partial charge in [0, 0.05) is 0 Å². The first-order valence-corrected chi connectivity index (χ1v) is 7.47. The number of hydrogen-bond donors (Lipinski definition) is 1. The Balaban J connectivity index is 2.08. The Morgan fingerprint density at radius 1 is 1.18 bits per heavy atom. The highest BCUT2D eigenvalue weighted by atomic mass is 32.2. The summed E-state index contributed by atoms with van der Waals surface area (Å²) in [6, 6.07) is 9.10. The summed E-state index contributed by atoms with van der Waals surface area (Å²) in [4.78, 5) is 0. The van der Waals surface area contributed by atoms with Crippen LogP contribution in [0.3, 0.4) is 0 Å². The number of rotatable bonds is 1. The van der Waals surface area contributed by atoms with Crippen LogP contribution in [0.1, 0.15) is 44.2 Å². The molecule has 0 amide bonds. The van der Waals surface area contributed by atoms with Gasteiger partial charge in [-0.15, -0.1) is 11.8 Å². The van der Waals surface area contributed by atoms with E-state index in [2.05, 4.69) is 57.3 Å².